The van der Waals surface area contributed by atoms with Crippen LogP contribution < -0.4 is 22.1 Å². The molecule has 16 heavy (non-hydrogen) atoms. The predicted octanol–water partition coefficient (Wildman–Crippen LogP) is 0.547. The van der Waals surface area contributed by atoms with Gasteiger partial charge in [0.1, 0.15) is 0 Å². The Balaban J connectivity index is -0.000000101. The summed E-state index contributed by atoms with van der Waals surface area (Å²) in [6.45, 7) is 7.63. The zero-order valence-electron chi connectivity index (χ0n) is 9.77. The molecule has 0 saturated heterocycles. The standard InChI is InChI=1S/C8H22N4.4ClH/c1-7(9)5-11-3-4-12-6-8(2)10;;;;/h7-8,11-12H,3-6,9-10H2,1-2H3;4*1H/t7-,8-;;;;/m0..../s1. The monoisotopic (exact) mass is 318 g/mol. The van der Waals surface area contributed by atoms with Crippen molar-refractivity contribution in [2.45, 2.75) is 25.9 Å². The largest absolute Gasteiger partial charge is 0.327 e. The summed E-state index contributed by atoms with van der Waals surface area (Å²) < 4.78 is 0. The minimum atomic E-state index is 0. The highest BCUT2D eigenvalue weighted by Crippen LogP contribution is 1.70. The van der Waals surface area contributed by atoms with Crippen LogP contribution in [0.4, 0.5) is 0 Å². The van der Waals surface area contributed by atoms with Gasteiger partial charge < -0.3 is 22.1 Å². The van der Waals surface area contributed by atoms with Gasteiger partial charge in [-0.3, -0.25) is 0 Å². The number of rotatable bonds is 7. The highest BCUT2D eigenvalue weighted by atomic mass is 35.5. The molecule has 6 N–H and O–H groups in total. The van der Waals surface area contributed by atoms with Crippen molar-refractivity contribution in [1.82, 2.24) is 10.6 Å². The average Bonchev–Trinajstić information content (AvgIpc) is 1.95. The lowest BCUT2D eigenvalue weighted by Crippen LogP contribution is -2.38. The van der Waals surface area contributed by atoms with Crippen LogP contribution in [0.3, 0.4) is 0 Å². The Morgan fingerprint density at radius 1 is 0.750 bits per heavy atom. The van der Waals surface area contributed by atoms with E-state index in [9.17, 15) is 0 Å². The lowest BCUT2D eigenvalue weighted by Gasteiger charge is -2.09. The van der Waals surface area contributed by atoms with E-state index in [1.54, 1.807) is 0 Å². The van der Waals surface area contributed by atoms with Gasteiger partial charge in [0.05, 0.1) is 0 Å². The molecule has 0 aromatic carbocycles. The first-order valence-corrected chi connectivity index (χ1v) is 4.55. The summed E-state index contributed by atoms with van der Waals surface area (Å²) in [5.74, 6) is 0. The minimum absolute atomic E-state index is 0. The van der Waals surface area contributed by atoms with Crippen LogP contribution in [0, 0.1) is 0 Å². The lowest BCUT2D eigenvalue weighted by atomic mass is 10.3. The van der Waals surface area contributed by atoms with E-state index in [0.717, 1.165) is 26.2 Å². The topological polar surface area (TPSA) is 76.1 Å². The van der Waals surface area contributed by atoms with Crippen LogP contribution in [0.25, 0.3) is 0 Å². The number of nitrogens with two attached hydrogens (primary N) is 2. The molecule has 0 aromatic rings. The second-order valence-electron chi connectivity index (χ2n) is 3.36. The molecule has 0 radical (unpaired) electrons. The summed E-state index contributed by atoms with van der Waals surface area (Å²) in [6.07, 6.45) is 0. The molecule has 0 aromatic heterocycles. The van der Waals surface area contributed by atoms with Crippen molar-refractivity contribution < 1.29 is 0 Å². The van der Waals surface area contributed by atoms with Crippen molar-refractivity contribution >= 4 is 49.6 Å². The molecule has 0 saturated carbocycles. The van der Waals surface area contributed by atoms with E-state index in [1.165, 1.54) is 0 Å². The van der Waals surface area contributed by atoms with Crippen LogP contribution in [-0.2, 0) is 0 Å². The Bertz CT molecular complexity index is 94.0. The van der Waals surface area contributed by atoms with Gasteiger partial charge in [-0.25, -0.2) is 0 Å². The molecule has 0 unspecified atom stereocenters. The smallest absolute Gasteiger partial charge is 0.0136 e. The second-order valence-corrected chi connectivity index (χ2v) is 3.36. The molecule has 4 nitrogen and oxygen atoms in total. The van der Waals surface area contributed by atoms with E-state index >= 15 is 0 Å². The third-order valence-electron chi connectivity index (χ3n) is 1.41. The zero-order valence-corrected chi connectivity index (χ0v) is 13.0. The van der Waals surface area contributed by atoms with E-state index in [4.69, 9.17) is 11.5 Å². The summed E-state index contributed by atoms with van der Waals surface area (Å²) in [5, 5.41) is 6.46. The molecule has 0 spiro atoms. The molecule has 0 fully saturated rings. The van der Waals surface area contributed by atoms with Crippen molar-refractivity contribution in [3.8, 4) is 0 Å². The summed E-state index contributed by atoms with van der Waals surface area (Å²) in [6, 6.07) is 0.469. The van der Waals surface area contributed by atoms with E-state index in [2.05, 4.69) is 10.6 Å². The zero-order chi connectivity index (χ0) is 9.40. The van der Waals surface area contributed by atoms with Gasteiger partial charge >= 0.3 is 0 Å². The Morgan fingerprint density at radius 2 is 1.00 bits per heavy atom. The van der Waals surface area contributed by atoms with Crippen LogP contribution >= 0.6 is 49.6 Å². The minimum Gasteiger partial charge on any atom is -0.327 e. The molecule has 0 aliphatic carbocycles. The fraction of sp³-hybridized carbons (Fsp3) is 1.00. The molecule has 0 amide bonds. The third kappa shape index (κ3) is 29.4. The molecular weight excluding hydrogens is 294 g/mol. The van der Waals surface area contributed by atoms with Crippen molar-refractivity contribution in [2.75, 3.05) is 26.2 Å². The predicted molar refractivity (Wildman–Crippen MR) is 82.0 cm³/mol. The van der Waals surface area contributed by atoms with Gasteiger partial charge in [0.2, 0.25) is 0 Å². The Labute approximate surface area is 124 Å². The molecule has 106 valence electrons. The van der Waals surface area contributed by atoms with Crippen molar-refractivity contribution in [2.24, 2.45) is 11.5 Å². The van der Waals surface area contributed by atoms with Crippen molar-refractivity contribution in [3.63, 3.8) is 0 Å². The molecule has 0 aliphatic rings. The molecule has 8 heteroatoms. The van der Waals surface area contributed by atoms with Gasteiger partial charge in [-0.05, 0) is 13.8 Å². The van der Waals surface area contributed by atoms with Crippen LogP contribution in [0.5, 0.6) is 0 Å². The number of halogens is 4. The van der Waals surface area contributed by atoms with Gasteiger partial charge in [-0.15, -0.1) is 49.6 Å². The number of hydrogen-bond acceptors (Lipinski definition) is 4. The quantitative estimate of drug-likeness (QED) is 0.517. The molecule has 0 heterocycles. The van der Waals surface area contributed by atoms with E-state index in [1.807, 2.05) is 13.8 Å². The molecule has 0 aliphatic heterocycles. The van der Waals surface area contributed by atoms with Crippen LogP contribution in [0.15, 0.2) is 0 Å². The molecular formula is C8H26Cl4N4. The SMILES string of the molecule is C[C@H](N)CNCCNC[C@H](C)N.Cl.Cl.Cl.Cl. The summed E-state index contributed by atoms with van der Waals surface area (Å²) in [5.41, 5.74) is 11.1. The van der Waals surface area contributed by atoms with Gasteiger partial charge in [0.25, 0.3) is 0 Å². The molecule has 0 rings (SSSR count). The van der Waals surface area contributed by atoms with Crippen molar-refractivity contribution in [1.29, 1.82) is 0 Å². The van der Waals surface area contributed by atoms with Gasteiger partial charge in [0.15, 0.2) is 0 Å². The molecule has 2 atom stereocenters. The number of hydrogen-bond donors (Lipinski definition) is 4. The average molecular weight is 320 g/mol. The van der Waals surface area contributed by atoms with Gasteiger partial charge in [0, 0.05) is 38.3 Å². The highest BCUT2D eigenvalue weighted by Gasteiger charge is 1.93. The normalized spacial score (nSPS) is 12.0. The first kappa shape index (κ1) is 30.2. The van der Waals surface area contributed by atoms with Crippen molar-refractivity contribution in [3.05, 3.63) is 0 Å². The van der Waals surface area contributed by atoms with Crippen LogP contribution in [0.2, 0.25) is 0 Å². The van der Waals surface area contributed by atoms with E-state index in [-0.39, 0.29) is 61.7 Å². The summed E-state index contributed by atoms with van der Waals surface area (Å²) in [7, 11) is 0. The summed E-state index contributed by atoms with van der Waals surface area (Å²) in [4.78, 5) is 0. The molecule has 0 bridgehead atoms. The Kier molecular flexibility index (Phi) is 40.2. The fourth-order valence-corrected chi connectivity index (χ4v) is 0.836. The Morgan fingerprint density at radius 3 is 1.19 bits per heavy atom. The van der Waals surface area contributed by atoms with Crippen LogP contribution in [0.1, 0.15) is 13.8 Å². The first-order chi connectivity index (χ1) is 5.63. The summed E-state index contributed by atoms with van der Waals surface area (Å²) >= 11 is 0. The van der Waals surface area contributed by atoms with E-state index < -0.39 is 0 Å². The van der Waals surface area contributed by atoms with Gasteiger partial charge in [-0.2, -0.15) is 0 Å². The number of nitrogens with one attached hydrogen (secondary N) is 2. The maximum atomic E-state index is 5.55. The third-order valence-corrected chi connectivity index (χ3v) is 1.41. The maximum absolute atomic E-state index is 5.55. The first-order valence-electron chi connectivity index (χ1n) is 4.55. The highest BCUT2D eigenvalue weighted by molar-refractivity contribution is 5.86. The maximum Gasteiger partial charge on any atom is 0.0136 e. The Hall–Kier alpha value is 1.00. The van der Waals surface area contributed by atoms with Crippen LogP contribution in [-0.4, -0.2) is 38.3 Å². The second kappa shape index (κ2) is 21.3. The fourth-order valence-electron chi connectivity index (χ4n) is 0.836. The lowest BCUT2D eigenvalue weighted by molar-refractivity contribution is 0.555. The van der Waals surface area contributed by atoms with Gasteiger partial charge in [-0.1, -0.05) is 0 Å². The van der Waals surface area contributed by atoms with E-state index in [0.29, 0.717) is 0 Å².